The van der Waals surface area contributed by atoms with Crippen molar-refractivity contribution in [3.05, 3.63) is 70.8 Å². The molecule has 1 aliphatic heterocycles. The number of esters is 1. The highest BCUT2D eigenvalue weighted by Crippen LogP contribution is 2.35. The molecule has 1 N–H and O–H groups in total. The zero-order valence-electron chi connectivity index (χ0n) is 13.8. The van der Waals surface area contributed by atoms with Crippen LogP contribution in [0.15, 0.2) is 48.5 Å². The van der Waals surface area contributed by atoms with Crippen molar-refractivity contribution in [3.63, 3.8) is 0 Å². The topological polar surface area (TPSA) is 38.3 Å². The third-order valence-corrected chi connectivity index (χ3v) is 4.46. The predicted octanol–water partition coefficient (Wildman–Crippen LogP) is 3.74. The molecule has 1 aliphatic rings. The molecule has 0 aromatic heterocycles. The molecule has 0 amide bonds. The second kappa shape index (κ2) is 6.55. The van der Waals surface area contributed by atoms with E-state index in [1.165, 1.54) is 0 Å². The largest absolute Gasteiger partial charge is 0.450 e. The van der Waals surface area contributed by atoms with Crippen molar-refractivity contribution in [1.29, 1.82) is 0 Å². The van der Waals surface area contributed by atoms with E-state index < -0.39 is 5.60 Å². The van der Waals surface area contributed by atoms with E-state index in [2.05, 4.69) is 23.5 Å². The van der Waals surface area contributed by atoms with Crippen molar-refractivity contribution in [2.45, 2.75) is 32.3 Å². The molecule has 0 radical (unpaired) electrons. The number of piperidine rings is 1. The summed E-state index contributed by atoms with van der Waals surface area (Å²) in [5.41, 5.74) is 3.35. The summed E-state index contributed by atoms with van der Waals surface area (Å²) in [5, 5.41) is 3.35. The van der Waals surface area contributed by atoms with Crippen molar-refractivity contribution >= 4 is 5.97 Å². The van der Waals surface area contributed by atoms with Gasteiger partial charge in [-0.05, 0) is 44.6 Å². The molecule has 2 aromatic rings. The summed E-state index contributed by atoms with van der Waals surface area (Å²) in [7, 11) is 0. The van der Waals surface area contributed by atoms with Gasteiger partial charge in [-0.1, -0.05) is 47.5 Å². The van der Waals surface area contributed by atoms with Gasteiger partial charge in [-0.2, -0.15) is 0 Å². The number of carbonyl (C=O) groups excluding carboxylic acids is 1. The van der Waals surface area contributed by atoms with Gasteiger partial charge < -0.3 is 10.1 Å². The van der Waals surface area contributed by atoms with Crippen molar-refractivity contribution in [2.75, 3.05) is 13.1 Å². The number of hydrogen-bond donors (Lipinski definition) is 1. The van der Waals surface area contributed by atoms with E-state index in [0.717, 1.165) is 42.6 Å². The van der Waals surface area contributed by atoms with Crippen LogP contribution in [0.5, 0.6) is 0 Å². The van der Waals surface area contributed by atoms with Crippen LogP contribution in [0.2, 0.25) is 0 Å². The first kappa shape index (κ1) is 15.8. The molecular formula is C20H23NO2. The van der Waals surface area contributed by atoms with Gasteiger partial charge in [-0.15, -0.1) is 0 Å². The monoisotopic (exact) mass is 309 g/mol. The highest BCUT2D eigenvalue weighted by atomic mass is 16.6. The fraction of sp³-hybridized carbons (Fsp3) is 0.350. The van der Waals surface area contributed by atoms with Crippen LogP contribution in [0, 0.1) is 13.8 Å². The molecule has 1 fully saturated rings. The fourth-order valence-corrected chi connectivity index (χ4v) is 3.35. The van der Waals surface area contributed by atoms with Crippen molar-refractivity contribution in [1.82, 2.24) is 5.32 Å². The summed E-state index contributed by atoms with van der Waals surface area (Å²) in [5.74, 6) is -0.234. The van der Waals surface area contributed by atoms with E-state index in [1.54, 1.807) is 0 Å². The summed E-state index contributed by atoms with van der Waals surface area (Å²) in [6.45, 7) is 5.71. The van der Waals surface area contributed by atoms with Crippen molar-refractivity contribution < 1.29 is 9.53 Å². The Morgan fingerprint density at radius 2 is 1.61 bits per heavy atom. The number of benzene rings is 2. The molecule has 0 unspecified atom stereocenters. The molecule has 0 aliphatic carbocycles. The van der Waals surface area contributed by atoms with E-state index in [4.69, 9.17) is 4.74 Å². The Balaban J connectivity index is 1.91. The van der Waals surface area contributed by atoms with Gasteiger partial charge in [0.2, 0.25) is 0 Å². The third kappa shape index (κ3) is 3.45. The Hall–Kier alpha value is -2.13. The predicted molar refractivity (Wildman–Crippen MR) is 91.6 cm³/mol. The van der Waals surface area contributed by atoms with Gasteiger partial charge in [0.15, 0.2) is 0 Å². The summed E-state index contributed by atoms with van der Waals surface area (Å²) >= 11 is 0. The minimum atomic E-state index is -0.527. The van der Waals surface area contributed by atoms with E-state index in [-0.39, 0.29) is 5.97 Å². The first-order valence-electron chi connectivity index (χ1n) is 8.17. The van der Waals surface area contributed by atoms with Crippen LogP contribution in [0.3, 0.4) is 0 Å². The van der Waals surface area contributed by atoms with E-state index in [9.17, 15) is 4.79 Å². The van der Waals surface area contributed by atoms with E-state index in [0.29, 0.717) is 5.56 Å². The van der Waals surface area contributed by atoms with Gasteiger partial charge >= 0.3 is 5.97 Å². The minimum absolute atomic E-state index is 0.234. The Labute approximate surface area is 137 Å². The molecule has 1 saturated heterocycles. The van der Waals surface area contributed by atoms with Crippen LogP contribution >= 0.6 is 0 Å². The first-order valence-corrected chi connectivity index (χ1v) is 8.17. The van der Waals surface area contributed by atoms with Crippen LogP contribution in [0.25, 0.3) is 0 Å². The van der Waals surface area contributed by atoms with E-state index in [1.807, 2.05) is 44.2 Å². The number of carbonyl (C=O) groups is 1. The number of hydrogen-bond acceptors (Lipinski definition) is 3. The summed E-state index contributed by atoms with van der Waals surface area (Å²) in [4.78, 5) is 12.8. The highest BCUT2D eigenvalue weighted by Gasteiger charge is 2.38. The Kier molecular flexibility index (Phi) is 4.49. The van der Waals surface area contributed by atoms with Gasteiger partial charge in [0.05, 0.1) is 5.56 Å². The molecule has 23 heavy (non-hydrogen) atoms. The number of rotatable bonds is 3. The third-order valence-electron chi connectivity index (χ3n) is 4.46. The van der Waals surface area contributed by atoms with Gasteiger partial charge in [-0.3, -0.25) is 0 Å². The number of aryl methyl sites for hydroxylation is 2. The molecule has 3 nitrogen and oxygen atoms in total. The first-order chi connectivity index (χ1) is 11.1. The Morgan fingerprint density at radius 3 is 2.22 bits per heavy atom. The number of ether oxygens (including phenoxy) is 1. The van der Waals surface area contributed by atoms with Crippen molar-refractivity contribution in [3.8, 4) is 0 Å². The maximum atomic E-state index is 12.8. The van der Waals surface area contributed by atoms with Crippen LogP contribution < -0.4 is 5.32 Å². The van der Waals surface area contributed by atoms with Crippen LogP contribution in [-0.2, 0) is 10.3 Å². The zero-order valence-corrected chi connectivity index (χ0v) is 13.8. The van der Waals surface area contributed by atoms with Gasteiger partial charge in [0, 0.05) is 12.8 Å². The maximum absolute atomic E-state index is 12.8. The number of nitrogens with one attached hydrogen (secondary N) is 1. The second-order valence-corrected chi connectivity index (χ2v) is 6.38. The lowest BCUT2D eigenvalue weighted by Gasteiger charge is -2.37. The molecule has 3 heteroatoms. The second-order valence-electron chi connectivity index (χ2n) is 6.38. The Morgan fingerprint density at radius 1 is 1.00 bits per heavy atom. The van der Waals surface area contributed by atoms with Crippen LogP contribution in [0.1, 0.15) is 39.9 Å². The van der Waals surface area contributed by atoms with Gasteiger partial charge in [-0.25, -0.2) is 4.79 Å². The summed E-state index contributed by atoms with van der Waals surface area (Å²) < 4.78 is 6.08. The minimum Gasteiger partial charge on any atom is -0.450 e. The van der Waals surface area contributed by atoms with E-state index >= 15 is 0 Å². The quantitative estimate of drug-likeness (QED) is 0.878. The lowest BCUT2D eigenvalue weighted by atomic mass is 9.84. The smallest absolute Gasteiger partial charge is 0.339 e. The summed E-state index contributed by atoms with van der Waals surface area (Å²) in [6, 6.07) is 16.0. The van der Waals surface area contributed by atoms with Crippen LogP contribution in [-0.4, -0.2) is 19.1 Å². The molecule has 0 saturated carbocycles. The molecule has 3 rings (SSSR count). The Bertz CT molecular complexity index is 668. The average molecular weight is 309 g/mol. The normalized spacial score (nSPS) is 16.8. The standard InChI is InChI=1S/C20H23NO2/c1-15-12-16(2)14-17(13-15)19(22)23-20(8-10-21-11-9-20)18-6-4-3-5-7-18/h3-7,12-14,21H,8-11H2,1-2H3. The maximum Gasteiger partial charge on any atom is 0.339 e. The molecule has 120 valence electrons. The molecule has 1 heterocycles. The zero-order chi connectivity index (χ0) is 16.3. The van der Waals surface area contributed by atoms with Gasteiger partial charge in [0.25, 0.3) is 0 Å². The lowest BCUT2D eigenvalue weighted by molar-refractivity contribution is -0.0378. The lowest BCUT2D eigenvalue weighted by Crippen LogP contribution is -2.43. The SMILES string of the molecule is Cc1cc(C)cc(C(=O)OC2(c3ccccc3)CCNCC2)c1. The fourth-order valence-electron chi connectivity index (χ4n) is 3.35. The summed E-state index contributed by atoms with van der Waals surface area (Å²) in [6.07, 6.45) is 1.60. The molecule has 2 aromatic carbocycles. The van der Waals surface area contributed by atoms with Crippen molar-refractivity contribution in [2.24, 2.45) is 0 Å². The molecule has 0 atom stereocenters. The highest BCUT2D eigenvalue weighted by molar-refractivity contribution is 5.90. The molecule has 0 spiro atoms. The molecule has 0 bridgehead atoms. The average Bonchev–Trinajstić information content (AvgIpc) is 2.55. The van der Waals surface area contributed by atoms with Crippen LogP contribution in [0.4, 0.5) is 0 Å². The molecular weight excluding hydrogens is 286 g/mol. The van der Waals surface area contributed by atoms with Gasteiger partial charge in [0.1, 0.15) is 5.60 Å².